The van der Waals surface area contributed by atoms with Gasteiger partial charge in [-0.3, -0.25) is 4.79 Å². The summed E-state index contributed by atoms with van der Waals surface area (Å²) in [5, 5.41) is 3.54. The second-order valence-electron chi connectivity index (χ2n) is 4.41. The first-order chi connectivity index (χ1) is 8.02. The maximum atomic E-state index is 11.7. The third-order valence-electron chi connectivity index (χ3n) is 2.49. The number of halogens is 1. The van der Waals surface area contributed by atoms with Crippen molar-refractivity contribution >= 4 is 17.5 Å². The molecule has 0 aromatic heterocycles. The molecule has 94 valence electrons. The summed E-state index contributed by atoms with van der Waals surface area (Å²) in [4.78, 5) is 11.7. The fourth-order valence-corrected chi connectivity index (χ4v) is 1.90. The van der Waals surface area contributed by atoms with E-state index in [1.165, 1.54) is 0 Å². The van der Waals surface area contributed by atoms with Crippen molar-refractivity contribution in [2.24, 2.45) is 5.73 Å². The topological polar surface area (TPSA) is 55.1 Å². The molecular weight excluding hydrogens is 236 g/mol. The molecule has 0 aliphatic heterocycles. The second kappa shape index (κ2) is 6.62. The van der Waals surface area contributed by atoms with Crippen LogP contribution in [0.15, 0.2) is 24.3 Å². The third kappa shape index (κ3) is 4.75. The smallest absolute Gasteiger partial charge is 0.220 e. The predicted octanol–water partition coefficient (Wildman–Crippen LogP) is 2.30. The van der Waals surface area contributed by atoms with Crippen LogP contribution in [-0.4, -0.2) is 18.5 Å². The largest absolute Gasteiger partial charge is 0.354 e. The molecule has 0 aliphatic carbocycles. The minimum absolute atomic E-state index is 0.0208. The zero-order valence-corrected chi connectivity index (χ0v) is 11.0. The number of amides is 1. The fourth-order valence-electron chi connectivity index (χ4n) is 1.70. The van der Waals surface area contributed by atoms with Crippen molar-refractivity contribution in [2.75, 3.05) is 6.54 Å². The van der Waals surface area contributed by atoms with Crippen molar-refractivity contribution < 1.29 is 4.79 Å². The van der Waals surface area contributed by atoms with Gasteiger partial charge in [-0.05, 0) is 38.1 Å². The third-order valence-corrected chi connectivity index (χ3v) is 2.72. The molecule has 0 bridgehead atoms. The van der Waals surface area contributed by atoms with E-state index in [9.17, 15) is 4.79 Å². The lowest BCUT2D eigenvalue weighted by molar-refractivity contribution is -0.121. The van der Waals surface area contributed by atoms with E-state index < -0.39 is 0 Å². The van der Waals surface area contributed by atoms with Gasteiger partial charge in [0.1, 0.15) is 0 Å². The Balaban J connectivity index is 2.69. The SMILES string of the molecule is CC(C)NC(=O)CC(CN)c1cccc(Cl)c1. The van der Waals surface area contributed by atoms with Crippen LogP contribution in [0, 0.1) is 0 Å². The Morgan fingerprint density at radius 1 is 1.47 bits per heavy atom. The summed E-state index contributed by atoms with van der Waals surface area (Å²) < 4.78 is 0. The second-order valence-corrected chi connectivity index (χ2v) is 4.85. The van der Waals surface area contributed by atoms with E-state index in [2.05, 4.69) is 5.32 Å². The molecule has 0 spiro atoms. The lowest BCUT2D eigenvalue weighted by Crippen LogP contribution is -2.32. The van der Waals surface area contributed by atoms with Crippen molar-refractivity contribution in [1.29, 1.82) is 0 Å². The molecule has 3 nitrogen and oxygen atoms in total. The molecule has 0 aliphatic rings. The van der Waals surface area contributed by atoms with Gasteiger partial charge in [0.25, 0.3) is 0 Å². The Hall–Kier alpha value is -1.06. The number of nitrogens with one attached hydrogen (secondary N) is 1. The number of hydrogen-bond acceptors (Lipinski definition) is 2. The molecule has 3 N–H and O–H groups in total. The number of hydrogen-bond donors (Lipinski definition) is 2. The predicted molar refractivity (Wildman–Crippen MR) is 71.1 cm³/mol. The molecule has 1 rings (SSSR count). The molecule has 0 saturated carbocycles. The molecular formula is C13H19ClN2O. The first-order valence-electron chi connectivity index (χ1n) is 5.77. The maximum absolute atomic E-state index is 11.7. The van der Waals surface area contributed by atoms with Crippen LogP contribution in [0.3, 0.4) is 0 Å². The first kappa shape index (κ1) is 14.0. The molecule has 0 heterocycles. The molecule has 1 unspecified atom stereocenters. The van der Waals surface area contributed by atoms with E-state index in [1.807, 2.05) is 38.1 Å². The number of nitrogens with two attached hydrogens (primary N) is 1. The average molecular weight is 255 g/mol. The van der Waals surface area contributed by atoms with Gasteiger partial charge in [0.15, 0.2) is 0 Å². The highest BCUT2D eigenvalue weighted by Gasteiger charge is 2.15. The van der Waals surface area contributed by atoms with Gasteiger partial charge in [0.05, 0.1) is 0 Å². The van der Waals surface area contributed by atoms with Gasteiger partial charge < -0.3 is 11.1 Å². The van der Waals surface area contributed by atoms with Crippen LogP contribution >= 0.6 is 11.6 Å². The lowest BCUT2D eigenvalue weighted by Gasteiger charge is -2.16. The van der Waals surface area contributed by atoms with Crippen LogP contribution in [0.5, 0.6) is 0 Å². The normalized spacial score (nSPS) is 12.5. The number of carbonyl (C=O) groups is 1. The van der Waals surface area contributed by atoms with Crippen molar-refractivity contribution in [2.45, 2.75) is 32.2 Å². The number of rotatable bonds is 5. The molecule has 4 heteroatoms. The van der Waals surface area contributed by atoms with Crippen molar-refractivity contribution in [3.8, 4) is 0 Å². The Morgan fingerprint density at radius 3 is 2.71 bits per heavy atom. The molecule has 1 amide bonds. The lowest BCUT2D eigenvalue weighted by atomic mass is 9.95. The Kier molecular flexibility index (Phi) is 5.45. The van der Waals surface area contributed by atoms with E-state index in [1.54, 1.807) is 0 Å². The van der Waals surface area contributed by atoms with Gasteiger partial charge in [-0.15, -0.1) is 0 Å². The van der Waals surface area contributed by atoms with Crippen LogP contribution in [0.4, 0.5) is 0 Å². The highest BCUT2D eigenvalue weighted by molar-refractivity contribution is 6.30. The first-order valence-corrected chi connectivity index (χ1v) is 6.15. The summed E-state index contributed by atoms with van der Waals surface area (Å²) in [5.41, 5.74) is 6.72. The molecule has 17 heavy (non-hydrogen) atoms. The van der Waals surface area contributed by atoms with Crippen molar-refractivity contribution in [1.82, 2.24) is 5.32 Å². The maximum Gasteiger partial charge on any atom is 0.220 e. The summed E-state index contributed by atoms with van der Waals surface area (Å²) in [7, 11) is 0. The van der Waals surface area contributed by atoms with Gasteiger partial charge in [0, 0.05) is 23.4 Å². The van der Waals surface area contributed by atoms with E-state index in [0.717, 1.165) is 5.56 Å². The zero-order chi connectivity index (χ0) is 12.8. The minimum Gasteiger partial charge on any atom is -0.354 e. The van der Waals surface area contributed by atoms with Crippen LogP contribution in [0.2, 0.25) is 5.02 Å². The molecule has 0 saturated heterocycles. The summed E-state index contributed by atoms with van der Waals surface area (Å²) in [6.07, 6.45) is 0.398. The van der Waals surface area contributed by atoms with Crippen LogP contribution in [0.25, 0.3) is 0 Å². The molecule has 0 fully saturated rings. The Labute approximate surface area is 107 Å². The summed E-state index contributed by atoms with van der Waals surface area (Å²) in [6, 6.07) is 7.65. The standard InChI is InChI=1S/C13H19ClN2O/c1-9(2)16-13(17)7-11(8-15)10-4-3-5-12(14)6-10/h3-6,9,11H,7-8,15H2,1-2H3,(H,16,17). The number of benzene rings is 1. The highest BCUT2D eigenvalue weighted by atomic mass is 35.5. The number of carbonyl (C=O) groups excluding carboxylic acids is 1. The Bertz CT molecular complexity index is 379. The van der Waals surface area contributed by atoms with Crippen LogP contribution in [0.1, 0.15) is 31.7 Å². The van der Waals surface area contributed by atoms with E-state index in [0.29, 0.717) is 18.0 Å². The Morgan fingerprint density at radius 2 is 2.18 bits per heavy atom. The summed E-state index contributed by atoms with van der Waals surface area (Å²) in [6.45, 7) is 4.31. The fraction of sp³-hybridized carbons (Fsp3) is 0.462. The van der Waals surface area contributed by atoms with Gasteiger partial charge in [-0.25, -0.2) is 0 Å². The highest BCUT2D eigenvalue weighted by Crippen LogP contribution is 2.21. The molecule has 1 atom stereocenters. The average Bonchev–Trinajstić information content (AvgIpc) is 2.24. The van der Waals surface area contributed by atoms with Gasteiger partial charge in [-0.1, -0.05) is 23.7 Å². The van der Waals surface area contributed by atoms with Gasteiger partial charge in [-0.2, -0.15) is 0 Å². The van der Waals surface area contributed by atoms with Crippen molar-refractivity contribution in [3.63, 3.8) is 0 Å². The molecule has 1 aromatic rings. The monoisotopic (exact) mass is 254 g/mol. The van der Waals surface area contributed by atoms with Crippen LogP contribution < -0.4 is 11.1 Å². The van der Waals surface area contributed by atoms with Gasteiger partial charge in [0.2, 0.25) is 5.91 Å². The summed E-state index contributed by atoms with van der Waals surface area (Å²) in [5.74, 6) is 0.0443. The van der Waals surface area contributed by atoms with E-state index in [4.69, 9.17) is 17.3 Å². The van der Waals surface area contributed by atoms with E-state index in [-0.39, 0.29) is 17.9 Å². The quantitative estimate of drug-likeness (QED) is 0.847. The molecule has 0 radical (unpaired) electrons. The van der Waals surface area contributed by atoms with Gasteiger partial charge >= 0.3 is 0 Å². The molecule has 1 aromatic carbocycles. The summed E-state index contributed by atoms with van der Waals surface area (Å²) >= 11 is 5.93. The zero-order valence-electron chi connectivity index (χ0n) is 10.2. The van der Waals surface area contributed by atoms with Crippen molar-refractivity contribution in [3.05, 3.63) is 34.9 Å². The minimum atomic E-state index is 0.0208. The van der Waals surface area contributed by atoms with E-state index >= 15 is 0 Å². The van der Waals surface area contributed by atoms with Crippen LogP contribution in [-0.2, 0) is 4.79 Å².